The quantitative estimate of drug-likeness (QED) is 0.353. The molecule has 2 aromatic carbocycles. The first-order valence-corrected chi connectivity index (χ1v) is 13.6. The van der Waals surface area contributed by atoms with Gasteiger partial charge < -0.3 is 4.57 Å². The largest absolute Gasteiger partial charge is 0.324 e. The molecule has 8 heteroatoms. The van der Waals surface area contributed by atoms with E-state index in [0.717, 1.165) is 54.5 Å². The Hall–Kier alpha value is -2.38. The fourth-order valence-electron chi connectivity index (χ4n) is 3.80. The normalized spacial score (nSPS) is 11.8. The molecule has 1 N–H and O–H groups in total. The molecular formula is C25H32ClN3O3S. The summed E-state index contributed by atoms with van der Waals surface area (Å²) in [7, 11) is -3.66. The first-order valence-electron chi connectivity index (χ1n) is 11.5. The SMILES string of the molecule is CCCCCS(=O)(=O)NC(=O)c1ccc2nc(C)n(Cc3ccc(CCCC)cc3Cl)c2c1. The van der Waals surface area contributed by atoms with Crippen molar-refractivity contribution in [1.29, 1.82) is 0 Å². The molecular weight excluding hydrogens is 458 g/mol. The van der Waals surface area contributed by atoms with Crippen molar-refractivity contribution in [3.05, 3.63) is 63.9 Å². The van der Waals surface area contributed by atoms with Crippen molar-refractivity contribution < 1.29 is 13.2 Å². The summed E-state index contributed by atoms with van der Waals surface area (Å²) in [6.45, 7) is 6.58. The number of hydrogen-bond acceptors (Lipinski definition) is 4. The number of halogens is 1. The van der Waals surface area contributed by atoms with Crippen LogP contribution in [0.1, 0.15) is 73.3 Å². The van der Waals surface area contributed by atoms with Gasteiger partial charge in [-0.2, -0.15) is 0 Å². The lowest BCUT2D eigenvalue weighted by atomic mass is 10.1. The van der Waals surface area contributed by atoms with Gasteiger partial charge in [0.25, 0.3) is 5.91 Å². The summed E-state index contributed by atoms with van der Waals surface area (Å²) in [6.07, 6.45) is 5.51. The van der Waals surface area contributed by atoms with Crippen LogP contribution in [0.2, 0.25) is 5.02 Å². The van der Waals surface area contributed by atoms with Crippen LogP contribution in [-0.2, 0) is 23.0 Å². The highest BCUT2D eigenvalue weighted by atomic mass is 35.5. The van der Waals surface area contributed by atoms with E-state index in [9.17, 15) is 13.2 Å². The summed E-state index contributed by atoms with van der Waals surface area (Å²) in [6, 6.07) is 11.2. The van der Waals surface area contributed by atoms with Crippen molar-refractivity contribution in [2.24, 2.45) is 0 Å². The Morgan fingerprint density at radius 3 is 2.52 bits per heavy atom. The van der Waals surface area contributed by atoms with E-state index in [0.29, 0.717) is 18.0 Å². The number of carbonyl (C=O) groups excluding carboxylic acids is 1. The van der Waals surface area contributed by atoms with Gasteiger partial charge in [-0.25, -0.2) is 18.1 Å². The molecule has 1 aromatic heterocycles. The predicted octanol–water partition coefficient (Wildman–Crippen LogP) is 5.64. The molecule has 0 saturated heterocycles. The third-order valence-corrected chi connectivity index (χ3v) is 7.41. The second kappa shape index (κ2) is 11.2. The highest BCUT2D eigenvalue weighted by molar-refractivity contribution is 7.90. The van der Waals surface area contributed by atoms with Crippen molar-refractivity contribution in [3.8, 4) is 0 Å². The third kappa shape index (κ3) is 6.58. The highest BCUT2D eigenvalue weighted by Crippen LogP contribution is 2.24. The van der Waals surface area contributed by atoms with Crippen LogP contribution in [0, 0.1) is 6.92 Å². The van der Waals surface area contributed by atoms with Gasteiger partial charge >= 0.3 is 0 Å². The smallest absolute Gasteiger partial charge is 0.264 e. The number of hydrogen-bond donors (Lipinski definition) is 1. The van der Waals surface area contributed by atoms with Gasteiger partial charge in [-0.3, -0.25) is 4.79 Å². The van der Waals surface area contributed by atoms with E-state index in [1.807, 2.05) is 30.5 Å². The minimum Gasteiger partial charge on any atom is -0.324 e. The summed E-state index contributed by atoms with van der Waals surface area (Å²) in [5.74, 6) is 0.108. The Morgan fingerprint density at radius 2 is 1.82 bits per heavy atom. The Labute approximate surface area is 201 Å². The lowest BCUT2D eigenvalue weighted by Crippen LogP contribution is -2.32. The minimum atomic E-state index is -3.66. The molecule has 3 aromatic rings. The summed E-state index contributed by atoms with van der Waals surface area (Å²) < 4.78 is 28.6. The number of carbonyl (C=O) groups is 1. The molecule has 0 radical (unpaired) electrons. The summed E-state index contributed by atoms with van der Waals surface area (Å²) >= 11 is 6.57. The van der Waals surface area contributed by atoms with Gasteiger partial charge in [-0.1, -0.05) is 56.8 Å². The zero-order valence-corrected chi connectivity index (χ0v) is 21.1. The molecule has 0 spiro atoms. The maximum Gasteiger partial charge on any atom is 0.264 e. The monoisotopic (exact) mass is 489 g/mol. The molecule has 0 aliphatic rings. The summed E-state index contributed by atoms with van der Waals surface area (Å²) in [4.78, 5) is 17.2. The summed E-state index contributed by atoms with van der Waals surface area (Å²) in [5.41, 5.74) is 3.97. The Morgan fingerprint density at radius 1 is 1.06 bits per heavy atom. The molecule has 0 aliphatic carbocycles. The van der Waals surface area contributed by atoms with Crippen molar-refractivity contribution in [2.45, 2.75) is 65.8 Å². The van der Waals surface area contributed by atoms with Gasteiger partial charge in [0.15, 0.2) is 0 Å². The molecule has 6 nitrogen and oxygen atoms in total. The fraction of sp³-hybridized carbons (Fsp3) is 0.440. The number of aryl methyl sites for hydroxylation is 2. The molecule has 1 heterocycles. The average Bonchev–Trinajstić information content (AvgIpc) is 3.08. The predicted molar refractivity (Wildman–Crippen MR) is 134 cm³/mol. The number of rotatable bonds is 11. The number of sulfonamides is 1. The molecule has 0 unspecified atom stereocenters. The Bertz CT molecular complexity index is 1240. The first-order chi connectivity index (χ1) is 15.7. The van der Waals surface area contributed by atoms with Gasteiger partial charge in [0.2, 0.25) is 10.0 Å². The number of imidazole rings is 1. The lowest BCUT2D eigenvalue weighted by Gasteiger charge is -2.11. The Balaban J connectivity index is 1.84. The van der Waals surface area contributed by atoms with E-state index in [2.05, 4.69) is 22.7 Å². The minimum absolute atomic E-state index is 0.0569. The van der Waals surface area contributed by atoms with Gasteiger partial charge in [0.1, 0.15) is 5.82 Å². The van der Waals surface area contributed by atoms with E-state index < -0.39 is 15.9 Å². The molecule has 3 rings (SSSR count). The van der Waals surface area contributed by atoms with Gasteiger partial charge in [0.05, 0.1) is 23.3 Å². The number of fused-ring (bicyclic) bond motifs is 1. The maximum absolute atomic E-state index is 12.6. The Kier molecular flexibility index (Phi) is 8.54. The van der Waals surface area contributed by atoms with Gasteiger partial charge in [0, 0.05) is 10.6 Å². The molecule has 178 valence electrons. The standard InChI is InChI=1S/C25H32ClN3O3S/c1-4-6-8-14-33(31,32)28-25(30)20-12-13-23-24(16-20)29(18(3)27-23)17-21-11-10-19(9-7-5-2)15-22(21)26/h10-13,15-16H,4-9,14,17H2,1-3H3,(H,28,30). The molecule has 0 aliphatic heterocycles. The van der Waals surface area contributed by atoms with Crippen LogP contribution in [0.4, 0.5) is 0 Å². The van der Waals surface area contributed by atoms with Gasteiger partial charge in [-0.05, 0) is 61.6 Å². The van der Waals surface area contributed by atoms with Crippen LogP contribution in [0.3, 0.4) is 0 Å². The third-order valence-electron chi connectivity index (χ3n) is 5.73. The number of aromatic nitrogens is 2. The van der Waals surface area contributed by atoms with Crippen molar-refractivity contribution >= 4 is 38.6 Å². The topological polar surface area (TPSA) is 81.1 Å². The maximum atomic E-state index is 12.6. The van der Waals surface area contributed by atoms with E-state index in [-0.39, 0.29) is 11.3 Å². The second-order valence-electron chi connectivity index (χ2n) is 8.44. The van der Waals surface area contributed by atoms with E-state index >= 15 is 0 Å². The van der Waals surface area contributed by atoms with Crippen molar-refractivity contribution in [1.82, 2.24) is 14.3 Å². The van der Waals surface area contributed by atoms with Crippen LogP contribution in [0.15, 0.2) is 36.4 Å². The van der Waals surface area contributed by atoms with Crippen LogP contribution in [-0.4, -0.2) is 29.6 Å². The van der Waals surface area contributed by atoms with Crippen LogP contribution < -0.4 is 4.72 Å². The van der Waals surface area contributed by atoms with Crippen molar-refractivity contribution in [2.75, 3.05) is 5.75 Å². The van der Waals surface area contributed by atoms with Crippen LogP contribution in [0.5, 0.6) is 0 Å². The van der Waals surface area contributed by atoms with Crippen molar-refractivity contribution in [3.63, 3.8) is 0 Å². The average molecular weight is 490 g/mol. The number of unbranched alkanes of at least 4 members (excludes halogenated alkanes) is 3. The van der Waals surface area contributed by atoms with Crippen LogP contribution >= 0.6 is 11.6 Å². The zero-order chi connectivity index (χ0) is 24.0. The molecule has 0 saturated carbocycles. The van der Waals surface area contributed by atoms with E-state index in [1.165, 1.54) is 5.56 Å². The lowest BCUT2D eigenvalue weighted by molar-refractivity contribution is 0.0981. The number of nitrogens with one attached hydrogen (secondary N) is 1. The van der Waals surface area contributed by atoms with Gasteiger partial charge in [-0.15, -0.1) is 0 Å². The highest BCUT2D eigenvalue weighted by Gasteiger charge is 2.18. The molecule has 0 bridgehead atoms. The fourth-order valence-corrected chi connectivity index (χ4v) is 5.15. The van der Waals surface area contributed by atoms with E-state index in [4.69, 9.17) is 11.6 Å². The first kappa shape index (κ1) is 25.2. The summed E-state index contributed by atoms with van der Waals surface area (Å²) in [5, 5.41) is 0.705. The number of nitrogens with zero attached hydrogens (tertiary/aromatic N) is 2. The number of benzene rings is 2. The second-order valence-corrected chi connectivity index (χ2v) is 10.7. The molecule has 1 amide bonds. The number of amides is 1. The molecule has 0 fully saturated rings. The van der Waals surface area contributed by atoms with Crippen LogP contribution in [0.25, 0.3) is 11.0 Å². The zero-order valence-electron chi connectivity index (χ0n) is 19.5. The van der Waals surface area contributed by atoms with E-state index in [1.54, 1.807) is 18.2 Å². The molecule has 0 atom stereocenters. The molecule has 33 heavy (non-hydrogen) atoms.